The van der Waals surface area contributed by atoms with Gasteiger partial charge in [-0.2, -0.15) is 0 Å². The van der Waals surface area contributed by atoms with Crippen molar-refractivity contribution in [1.82, 2.24) is 9.97 Å². The first-order valence-corrected chi connectivity index (χ1v) is 8.32. The van der Waals surface area contributed by atoms with Gasteiger partial charge in [0.2, 0.25) is 5.78 Å². The van der Waals surface area contributed by atoms with Crippen molar-refractivity contribution in [3.8, 4) is 0 Å². The van der Waals surface area contributed by atoms with Gasteiger partial charge in [-0.25, -0.2) is 0 Å². The lowest BCUT2D eigenvalue weighted by Crippen LogP contribution is -2.16. The maximum atomic E-state index is 12.3. The second kappa shape index (κ2) is 7.00. The zero-order valence-corrected chi connectivity index (χ0v) is 14.9. The first-order valence-electron chi connectivity index (χ1n) is 8.32. The summed E-state index contributed by atoms with van der Waals surface area (Å²) in [5.41, 5.74) is 3.83. The molecule has 0 aliphatic rings. The van der Waals surface area contributed by atoms with E-state index < -0.39 is 5.97 Å². The number of para-hydroxylation sites is 1. The Bertz CT molecular complexity index is 1010. The van der Waals surface area contributed by atoms with Crippen LogP contribution in [0.2, 0.25) is 0 Å². The molecule has 0 saturated heterocycles. The van der Waals surface area contributed by atoms with Crippen molar-refractivity contribution in [2.75, 3.05) is 6.61 Å². The summed E-state index contributed by atoms with van der Waals surface area (Å²) in [6.07, 6.45) is 1.85. The van der Waals surface area contributed by atoms with E-state index in [-0.39, 0.29) is 24.6 Å². The van der Waals surface area contributed by atoms with Gasteiger partial charge in [0.1, 0.15) is 0 Å². The van der Waals surface area contributed by atoms with Crippen molar-refractivity contribution in [3.63, 3.8) is 0 Å². The summed E-state index contributed by atoms with van der Waals surface area (Å²) in [7, 11) is 0. The fourth-order valence-electron chi connectivity index (χ4n) is 3.26. The number of H-pyrrole nitrogens is 2. The third-order valence-electron chi connectivity index (χ3n) is 4.44. The monoisotopic (exact) mass is 352 g/mol. The molecule has 3 aromatic rings. The average molecular weight is 352 g/mol. The van der Waals surface area contributed by atoms with Crippen LogP contribution in [0.5, 0.6) is 0 Å². The standard InChI is InChI=1S/C20H20N2O4/c1-11-19(13(3)23)12(2)22-20(11)17(24)10-26-18(25)8-14-9-21-16-7-5-4-6-15(14)16/h4-7,9,21-22H,8,10H2,1-3H3. The van der Waals surface area contributed by atoms with Crippen LogP contribution in [0.1, 0.15) is 44.6 Å². The Hall–Kier alpha value is -3.15. The van der Waals surface area contributed by atoms with Gasteiger partial charge < -0.3 is 14.7 Å². The van der Waals surface area contributed by atoms with Crippen LogP contribution in [0.15, 0.2) is 30.5 Å². The third-order valence-corrected chi connectivity index (χ3v) is 4.44. The lowest BCUT2D eigenvalue weighted by Gasteiger charge is -2.04. The van der Waals surface area contributed by atoms with Crippen LogP contribution in [0, 0.1) is 13.8 Å². The van der Waals surface area contributed by atoms with Gasteiger partial charge in [-0.3, -0.25) is 14.4 Å². The number of carbonyl (C=O) groups is 3. The number of hydrogen-bond acceptors (Lipinski definition) is 4. The van der Waals surface area contributed by atoms with Crippen LogP contribution in [-0.2, 0) is 16.0 Å². The average Bonchev–Trinajstić information content (AvgIpc) is 3.13. The summed E-state index contributed by atoms with van der Waals surface area (Å²) in [6, 6.07) is 7.66. The Morgan fingerprint density at radius 2 is 1.85 bits per heavy atom. The van der Waals surface area contributed by atoms with Gasteiger partial charge in [0.25, 0.3) is 0 Å². The molecule has 0 radical (unpaired) electrons. The Balaban J connectivity index is 1.65. The molecule has 0 atom stereocenters. The number of benzene rings is 1. The normalized spacial score (nSPS) is 10.9. The van der Waals surface area contributed by atoms with Crippen LogP contribution in [-0.4, -0.2) is 34.1 Å². The Labute approximate surface area is 150 Å². The molecule has 1 aromatic carbocycles. The number of Topliss-reactive ketones (excluding diaryl/α,β-unsaturated/α-hetero) is 2. The maximum Gasteiger partial charge on any atom is 0.310 e. The van der Waals surface area contributed by atoms with Gasteiger partial charge >= 0.3 is 5.97 Å². The van der Waals surface area contributed by atoms with Gasteiger partial charge in [0.15, 0.2) is 12.4 Å². The third kappa shape index (κ3) is 3.31. The number of nitrogens with one attached hydrogen (secondary N) is 2. The van der Waals surface area contributed by atoms with Gasteiger partial charge in [-0.15, -0.1) is 0 Å². The minimum atomic E-state index is -0.476. The number of fused-ring (bicyclic) bond motifs is 1. The van der Waals surface area contributed by atoms with Crippen molar-refractivity contribution in [2.24, 2.45) is 0 Å². The summed E-state index contributed by atoms with van der Waals surface area (Å²) >= 11 is 0. The molecule has 0 unspecified atom stereocenters. The second-order valence-electron chi connectivity index (χ2n) is 6.30. The molecule has 0 amide bonds. The molecular formula is C20H20N2O4. The SMILES string of the molecule is CC(=O)c1c(C)[nH]c(C(=O)COC(=O)Cc2c[nH]c3ccccc23)c1C. The Kier molecular flexibility index (Phi) is 4.75. The number of ketones is 2. The van der Waals surface area contributed by atoms with E-state index >= 15 is 0 Å². The smallest absolute Gasteiger partial charge is 0.310 e. The molecule has 2 N–H and O–H groups in total. The number of aromatic amines is 2. The van der Waals surface area contributed by atoms with Crippen LogP contribution in [0.4, 0.5) is 0 Å². The zero-order chi connectivity index (χ0) is 18.8. The summed E-state index contributed by atoms with van der Waals surface area (Å²) in [6.45, 7) is 4.54. The summed E-state index contributed by atoms with van der Waals surface area (Å²) in [5.74, 6) is -0.937. The molecule has 6 heteroatoms. The molecule has 2 heterocycles. The van der Waals surface area contributed by atoms with Crippen molar-refractivity contribution in [1.29, 1.82) is 0 Å². The van der Waals surface area contributed by atoms with E-state index in [4.69, 9.17) is 4.74 Å². The van der Waals surface area contributed by atoms with E-state index in [1.165, 1.54) is 6.92 Å². The highest BCUT2D eigenvalue weighted by Crippen LogP contribution is 2.20. The second-order valence-corrected chi connectivity index (χ2v) is 6.30. The van der Waals surface area contributed by atoms with Crippen molar-refractivity contribution < 1.29 is 19.1 Å². The quantitative estimate of drug-likeness (QED) is 0.526. The Morgan fingerprint density at radius 1 is 1.12 bits per heavy atom. The van der Waals surface area contributed by atoms with Crippen LogP contribution < -0.4 is 0 Å². The van der Waals surface area contributed by atoms with Gasteiger partial charge in [-0.1, -0.05) is 18.2 Å². The van der Waals surface area contributed by atoms with E-state index in [0.29, 0.717) is 22.5 Å². The largest absolute Gasteiger partial charge is 0.457 e. The molecule has 0 aliphatic carbocycles. The Morgan fingerprint density at radius 3 is 2.54 bits per heavy atom. The number of hydrogen-bond donors (Lipinski definition) is 2. The molecule has 134 valence electrons. The lowest BCUT2D eigenvalue weighted by molar-refractivity contribution is -0.141. The number of carbonyl (C=O) groups excluding carboxylic acids is 3. The molecule has 0 saturated carbocycles. The molecule has 0 spiro atoms. The molecule has 6 nitrogen and oxygen atoms in total. The fourth-order valence-corrected chi connectivity index (χ4v) is 3.26. The summed E-state index contributed by atoms with van der Waals surface area (Å²) < 4.78 is 5.14. The maximum absolute atomic E-state index is 12.3. The highest BCUT2D eigenvalue weighted by Gasteiger charge is 2.21. The van der Waals surface area contributed by atoms with Crippen molar-refractivity contribution in [3.05, 3.63) is 58.5 Å². The zero-order valence-electron chi connectivity index (χ0n) is 14.9. The van der Waals surface area contributed by atoms with Crippen LogP contribution in [0.25, 0.3) is 10.9 Å². The number of rotatable bonds is 6. The first-order chi connectivity index (χ1) is 12.4. The van der Waals surface area contributed by atoms with E-state index in [2.05, 4.69) is 9.97 Å². The van der Waals surface area contributed by atoms with Crippen molar-refractivity contribution in [2.45, 2.75) is 27.2 Å². The van der Waals surface area contributed by atoms with Gasteiger partial charge in [0.05, 0.1) is 12.1 Å². The first kappa shape index (κ1) is 17.7. The minimum Gasteiger partial charge on any atom is -0.457 e. The predicted octanol–water partition coefficient (Wildman–Crippen LogP) is 3.28. The molecule has 0 bridgehead atoms. The number of ether oxygens (including phenoxy) is 1. The van der Waals surface area contributed by atoms with Crippen LogP contribution >= 0.6 is 0 Å². The van der Waals surface area contributed by atoms with Gasteiger partial charge in [0, 0.05) is 28.4 Å². The molecule has 26 heavy (non-hydrogen) atoms. The highest BCUT2D eigenvalue weighted by molar-refractivity contribution is 6.04. The van der Waals surface area contributed by atoms with E-state index in [9.17, 15) is 14.4 Å². The van der Waals surface area contributed by atoms with E-state index in [1.54, 1.807) is 20.0 Å². The topological polar surface area (TPSA) is 92.0 Å². The minimum absolute atomic E-state index is 0.0821. The predicted molar refractivity (Wildman–Crippen MR) is 97.6 cm³/mol. The number of aryl methyl sites for hydroxylation is 1. The van der Waals surface area contributed by atoms with Gasteiger partial charge in [-0.05, 0) is 38.0 Å². The highest BCUT2D eigenvalue weighted by atomic mass is 16.5. The molecule has 2 aromatic heterocycles. The molecule has 3 rings (SSSR count). The van der Waals surface area contributed by atoms with Crippen molar-refractivity contribution >= 4 is 28.4 Å². The summed E-state index contributed by atoms with van der Waals surface area (Å²) in [4.78, 5) is 42.1. The number of esters is 1. The fraction of sp³-hybridized carbons (Fsp3) is 0.250. The molecular weight excluding hydrogens is 332 g/mol. The van der Waals surface area contributed by atoms with E-state index in [1.807, 2.05) is 24.3 Å². The van der Waals surface area contributed by atoms with Crippen LogP contribution in [0.3, 0.4) is 0 Å². The van der Waals surface area contributed by atoms with E-state index in [0.717, 1.165) is 16.5 Å². The molecule has 0 aliphatic heterocycles. The number of aromatic nitrogens is 2. The lowest BCUT2D eigenvalue weighted by atomic mass is 10.1. The molecule has 0 fully saturated rings. The summed E-state index contributed by atoms with van der Waals surface area (Å²) in [5, 5.41) is 0.956.